The van der Waals surface area contributed by atoms with E-state index in [2.05, 4.69) is 35.7 Å². The summed E-state index contributed by atoms with van der Waals surface area (Å²) in [4.78, 5) is 2.14. The Morgan fingerprint density at radius 3 is 2.58 bits per heavy atom. The average Bonchev–Trinajstić information content (AvgIpc) is 2.29. The van der Waals surface area contributed by atoms with E-state index < -0.39 is 6.36 Å². The smallest absolute Gasteiger partial charge is 0.311 e. The fraction of sp³-hybridized carbons (Fsp3) is 1.00. The SMILES string of the molecule is CCC1CN(CCOC(F)(F)F)C(CC(C)C)CN1. The van der Waals surface area contributed by atoms with Crippen LogP contribution in [-0.4, -0.2) is 49.6 Å². The van der Waals surface area contributed by atoms with Crippen LogP contribution in [0.1, 0.15) is 33.6 Å². The van der Waals surface area contributed by atoms with E-state index in [1.54, 1.807) is 0 Å². The molecule has 2 unspecified atom stereocenters. The van der Waals surface area contributed by atoms with Crippen LogP contribution in [0.3, 0.4) is 0 Å². The maximum Gasteiger partial charge on any atom is 0.522 e. The van der Waals surface area contributed by atoms with E-state index in [1.807, 2.05) is 0 Å². The second kappa shape index (κ2) is 7.45. The first-order chi connectivity index (χ1) is 8.81. The Morgan fingerprint density at radius 2 is 2.05 bits per heavy atom. The van der Waals surface area contributed by atoms with Gasteiger partial charge in [0.2, 0.25) is 0 Å². The van der Waals surface area contributed by atoms with Gasteiger partial charge in [0.1, 0.15) is 0 Å². The highest BCUT2D eigenvalue weighted by Gasteiger charge is 2.31. The highest BCUT2D eigenvalue weighted by molar-refractivity contribution is 4.86. The van der Waals surface area contributed by atoms with Gasteiger partial charge in [0, 0.05) is 31.7 Å². The molecule has 0 bridgehead atoms. The third-order valence-corrected chi connectivity index (χ3v) is 3.49. The molecule has 0 aromatic rings. The number of nitrogens with zero attached hydrogens (tertiary/aromatic N) is 1. The molecule has 1 rings (SSSR count). The van der Waals surface area contributed by atoms with Gasteiger partial charge in [0.15, 0.2) is 0 Å². The minimum atomic E-state index is -4.52. The zero-order chi connectivity index (χ0) is 14.5. The molecule has 0 aliphatic carbocycles. The Labute approximate surface area is 113 Å². The Kier molecular flexibility index (Phi) is 6.56. The zero-order valence-electron chi connectivity index (χ0n) is 12.0. The lowest BCUT2D eigenvalue weighted by molar-refractivity contribution is -0.325. The van der Waals surface area contributed by atoms with Crippen LogP contribution in [-0.2, 0) is 4.74 Å². The average molecular weight is 282 g/mol. The van der Waals surface area contributed by atoms with Crippen LogP contribution in [0.2, 0.25) is 0 Å². The molecule has 0 spiro atoms. The van der Waals surface area contributed by atoms with Crippen molar-refractivity contribution < 1.29 is 17.9 Å². The summed E-state index contributed by atoms with van der Waals surface area (Å²) < 4.78 is 39.9. The molecule has 1 N–H and O–H groups in total. The van der Waals surface area contributed by atoms with Crippen molar-refractivity contribution >= 4 is 0 Å². The van der Waals surface area contributed by atoms with E-state index in [0.717, 1.165) is 25.9 Å². The standard InChI is InChI=1S/C13H25F3N2O/c1-4-11-9-18(5-6-19-13(14,15)16)12(8-17-11)7-10(2)3/h10-12,17H,4-9H2,1-3H3. The van der Waals surface area contributed by atoms with Crippen LogP contribution in [0.4, 0.5) is 13.2 Å². The van der Waals surface area contributed by atoms with Crippen LogP contribution in [0, 0.1) is 5.92 Å². The van der Waals surface area contributed by atoms with E-state index in [9.17, 15) is 13.2 Å². The highest BCUT2D eigenvalue weighted by Crippen LogP contribution is 2.19. The van der Waals surface area contributed by atoms with Crippen molar-refractivity contribution in [3.8, 4) is 0 Å². The third-order valence-electron chi connectivity index (χ3n) is 3.49. The van der Waals surface area contributed by atoms with Gasteiger partial charge in [-0.3, -0.25) is 9.64 Å². The molecule has 0 saturated carbocycles. The number of piperazine rings is 1. The first-order valence-corrected chi connectivity index (χ1v) is 7.00. The number of alkyl halides is 3. The Balaban J connectivity index is 2.46. The quantitative estimate of drug-likeness (QED) is 0.810. The van der Waals surface area contributed by atoms with Gasteiger partial charge in [-0.05, 0) is 18.8 Å². The fourth-order valence-corrected chi connectivity index (χ4v) is 2.53. The molecule has 0 aromatic heterocycles. The maximum atomic E-state index is 12.0. The van der Waals surface area contributed by atoms with E-state index >= 15 is 0 Å². The van der Waals surface area contributed by atoms with Crippen LogP contribution < -0.4 is 5.32 Å². The summed E-state index contributed by atoms with van der Waals surface area (Å²) in [6.07, 6.45) is -2.54. The monoisotopic (exact) mass is 282 g/mol. The van der Waals surface area contributed by atoms with Crippen molar-refractivity contribution in [1.82, 2.24) is 10.2 Å². The van der Waals surface area contributed by atoms with Crippen molar-refractivity contribution in [2.24, 2.45) is 5.92 Å². The second-order valence-electron chi connectivity index (χ2n) is 5.59. The van der Waals surface area contributed by atoms with Crippen molar-refractivity contribution in [2.75, 3.05) is 26.2 Å². The minimum absolute atomic E-state index is 0.283. The molecule has 0 amide bonds. The summed E-state index contributed by atoms with van der Waals surface area (Å²) in [7, 11) is 0. The van der Waals surface area contributed by atoms with Crippen LogP contribution in [0.5, 0.6) is 0 Å². The molecule has 0 radical (unpaired) electrons. The van der Waals surface area contributed by atoms with E-state index in [0.29, 0.717) is 24.5 Å². The van der Waals surface area contributed by atoms with Gasteiger partial charge < -0.3 is 5.32 Å². The summed E-state index contributed by atoms with van der Waals surface area (Å²) in [5.74, 6) is 0.538. The first-order valence-electron chi connectivity index (χ1n) is 7.00. The molecule has 6 heteroatoms. The second-order valence-corrected chi connectivity index (χ2v) is 5.59. The fourth-order valence-electron chi connectivity index (χ4n) is 2.53. The molecule has 1 fully saturated rings. The molecule has 0 aromatic carbocycles. The number of halogens is 3. The molecule has 2 atom stereocenters. The van der Waals surface area contributed by atoms with Crippen molar-refractivity contribution in [2.45, 2.75) is 52.1 Å². The van der Waals surface area contributed by atoms with Gasteiger partial charge in [-0.25, -0.2) is 0 Å². The van der Waals surface area contributed by atoms with E-state index in [1.165, 1.54) is 0 Å². The highest BCUT2D eigenvalue weighted by atomic mass is 19.4. The molecule has 1 saturated heterocycles. The lowest BCUT2D eigenvalue weighted by atomic mass is 9.98. The Bertz CT molecular complexity index is 259. The van der Waals surface area contributed by atoms with Gasteiger partial charge in [-0.15, -0.1) is 13.2 Å². The number of hydrogen-bond donors (Lipinski definition) is 1. The molecular weight excluding hydrogens is 257 g/mol. The Hall–Kier alpha value is -0.330. The number of rotatable bonds is 6. The van der Waals surface area contributed by atoms with Crippen LogP contribution >= 0.6 is 0 Å². The van der Waals surface area contributed by atoms with Gasteiger partial charge >= 0.3 is 6.36 Å². The normalized spacial score (nSPS) is 26.1. The molecular formula is C13H25F3N2O. The Morgan fingerprint density at radius 1 is 1.37 bits per heavy atom. The van der Waals surface area contributed by atoms with Crippen LogP contribution in [0.25, 0.3) is 0 Å². The number of hydrogen-bond acceptors (Lipinski definition) is 3. The van der Waals surface area contributed by atoms with Crippen molar-refractivity contribution in [1.29, 1.82) is 0 Å². The molecule has 1 heterocycles. The summed E-state index contributed by atoms with van der Waals surface area (Å²) >= 11 is 0. The van der Waals surface area contributed by atoms with Gasteiger partial charge in [-0.1, -0.05) is 20.8 Å². The predicted molar refractivity (Wildman–Crippen MR) is 68.9 cm³/mol. The zero-order valence-corrected chi connectivity index (χ0v) is 12.0. The topological polar surface area (TPSA) is 24.5 Å². The minimum Gasteiger partial charge on any atom is -0.311 e. The molecule has 1 aliphatic heterocycles. The van der Waals surface area contributed by atoms with Crippen LogP contribution in [0.15, 0.2) is 0 Å². The van der Waals surface area contributed by atoms with E-state index in [4.69, 9.17) is 0 Å². The van der Waals surface area contributed by atoms with Gasteiger partial charge in [-0.2, -0.15) is 0 Å². The van der Waals surface area contributed by atoms with Crippen molar-refractivity contribution in [3.05, 3.63) is 0 Å². The first kappa shape index (κ1) is 16.7. The lowest BCUT2D eigenvalue weighted by Gasteiger charge is -2.41. The van der Waals surface area contributed by atoms with Crippen molar-refractivity contribution in [3.63, 3.8) is 0 Å². The number of nitrogens with one attached hydrogen (secondary N) is 1. The summed E-state index contributed by atoms with van der Waals surface area (Å²) in [6, 6.07) is 0.675. The predicted octanol–water partition coefficient (Wildman–Crippen LogP) is 2.62. The molecule has 1 aliphatic rings. The maximum absolute atomic E-state index is 12.0. The molecule has 3 nitrogen and oxygen atoms in total. The lowest BCUT2D eigenvalue weighted by Crippen LogP contribution is -2.57. The van der Waals surface area contributed by atoms with Gasteiger partial charge in [0.05, 0.1) is 6.61 Å². The largest absolute Gasteiger partial charge is 0.522 e. The van der Waals surface area contributed by atoms with Gasteiger partial charge in [0.25, 0.3) is 0 Å². The van der Waals surface area contributed by atoms with E-state index in [-0.39, 0.29) is 6.61 Å². The summed E-state index contributed by atoms with van der Waals surface area (Å²) in [6.45, 7) is 8.07. The summed E-state index contributed by atoms with van der Waals surface area (Å²) in [5.41, 5.74) is 0. The third kappa shape index (κ3) is 6.58. The summed E-state index contributed by atoms with van der Waals surface area (Å²) in [5, 5.41) is 3.46. The molecule has 19 heavy (non-hydrogen) atoms. The molecule has 114 valence electrons. The number of ether oxygens (including phenoxy) is 1.